The molecule has 0 aromatic carbocycles. The van der Waals surface area contributed by atoms with Crippen LogP contribution in [0.2, 0.25) is 0 Å². The van der Waals surface area contributed by atoms with Crippen LogP contribution in [0.4, 0.5) is 0 Å². The molecule has 1 nitrogen and oxygen atoms in total. The van der Waals surface area contributed by atoms with E-state index in [-0.39, 0.29) is 0 Å². The van der Waals surface area contributed by atoms with Crippen LogP contribution >= 0.6 is 0 Å². The lowest BCUT2D eigenvalue weighted by Gasteiger charge is -2.45. The highest BCUT2D eigenvalue weighted by Gasteiger charge is 2.52. The zero-order valence-corrected chi connectivity index (χ0v) is 9.19. The molecule has 2 aliphatic rings. The van der Waals surface area contributed by atoms with E-state index in [4.69, 9.17) is 0 Å². The predicted octanol–water partition coefficient (Wildman–Crippen LogP) is 3.17. The molecule has 0 N–H and O–H groups in total. The van der Waals surface area contributed by atoms with Crippen molar-refractivity contribution in [3.63, 3.8) is 0 Å². The van der Waals surface area contributed by atoms with E-state index in [9.17, 15) is 0 Å². The molecule has 1 unspecified atom stereocenters. The SMILES string of the molecule is C=C1CCC2(C(C)(C)C)CCCN12. The molecule has 0 amide bonds. The average molecular weight is 179 g/mol. The topological polar surface area (TPSA) is 3.24 Å². The minimum absolute atomic E-state index is 0.406. The number of rotatable bonds is 0. The van der Waals surface area contributed by atoms with E-state index in [1.165, 1.54) is 37.9 Å². The molecule has 1 atom stereocenters. The molecule has 0 aromatic heterocycles. The molecule has 2 heterocycles. The van der Waals surface area contributed by atoms with Gasteiger partial charge in [0.15, 0.2) is 0 Å². The number of fused-ring (bicyclic) bond motifs is 1. The Bertz CT molecular complexity index is 236. The maximum Gasteiger partial charge on any atom is 0.0451 e. The summed E-state index contributed by atoms with van der Waals surface area (Å²) in [4.78, 5) is 2.59. The highest BCUT2D eigenvalue weighted by molar-refractivity contribution is 5.18. The standard InChI is InChI=1S/C12H21N/c1-10-6-8-12(11(2,3)4)7-5-9-13(10)12/h1,5-9H2,2-4H3. The monoisotopic (exact) mass is 179 g/mol. The van der Waals surface area contributed by atoms with Gasteiger partial charge in [0.25, 0.3) is 0 Å². The van der Waals surface area contributed by atoms with Gasteiger partial charge in [-0.15, -0.1) is 0 Å². The van der Waals surface area contributed by atoms with E-state index in [1.807, 2.05) is 0 Å². The second-order valence-electron chi connectivity index (χ2n) is 5.60. The summed E-state index contributed by atoms with van der Waals surface area (Å²) in [5, 5.41) is 0. The van der Waals surface area contributed by atoms with Crippen molar-refractivity contribution in [2.24, 2.45) is 5.41 Å². The van der Waals surface area contributed by atoms with Crippen LogP contribution in [0.1, 0.15) is 46.5 Å². The molecule has 13 heavy (non-hydrogen) atoms. The minimum Gasteiger partial charge on any atom is -0.369 e. The van der Waals surface area contributed by atoms with Crippen LogP contribution in [0, 0.1) is 5.41 Å². The molecule has 2 rings (SSSR count). The van der Waals surface area contributed by atoms with Crippen molar-refractivity contribution in [2.75, 3.05) is 6.54 Å². The van der Waals surface area contributed by atoms with Crippen molar-refractivity contribution in [2.45, 2.75) is 52.0 Å². The molecular formula is C12H21N. The molecule has 1 heteroatoms. The van der Waals surface area contributed by atoms with Gasteiger partial charge in [-0.1, -0.05) is 27.4 Å². The molecule has 2 aliphatic heterocycles. The van der Waals surface area contributed by atoms with Gasteiger partial charge in [0.1, 0.15) is 0 Å². The van der Waals surface area contributed by atoms with E-state index >= 15 is 0 Å². The molecule has 0 aliphatic carbocycles. The summed E-state index contributed by atoms with van der Waals surface area (Å²) in [5.41, 5.74) is 2.24. The Labute approximate surface area is 81.8 Å². The molecular weight excluding hydrogens is 158 g/mol. The predicted molar refractivity (Wildman–Crippen MR) is 56.5 cm³/mol. The number of nitrogens with zero attached hydrogens (tertiary/aromatic N) is 1. The maximum atomic E-state index is 4.18. The van der Waals surface area contributed by atoms with Gasteiger partial charge < -0.3 is 4.90 Å². The smallest absolute Gasteiger partial charge is 0.0451 e. The highest BCUT2D eigenvalue weighted by atomic mass is 15.3. The summed E-state index contributed by atoms with van der Waals surface area (Å²) in [6.45, 7) is 12.6. The Balaban J connectivity index is 2.36. The molecule has 74 valence electrons. The third-order valence-corrected chi connectivity index (χ3v) is 4.09. The number of hydrogen-bond acceptors (Lipinski definition) is 1. The fourth-order valence-electron chi connectivity index (χ4n) is 3.24. The zero-order valence-electron chi connectivity index (χ0n) is 9.19. The van der Waals surface area contributed by atoms with Crippen LogP contribution in [0.3, 0.4) is 0 Å². The Morgan fingerprint density at radius 1 is 1.31 bits per heavy atom. The molecule has 0 spiro atoms. The molecule has 0 saturated carbocycles. The summed E-state index contributed by atoms with van der Waals surface area (Å²) in [6, 6.07) is 0. The summed E-state index contributed by atoms with van der Waals surface area (Å²) in [5.74, 6) is 0. The summed E-state index contributed by atoms with van der Waals surface area (Å²) in [7, 11) is 0. The van der Waals surface area contributed by atoms with Gasteiger partial charge in [0.2, 0.25) is 0 Å². The van der Waals surface area contributed by atoms with Gasteiger partial charge in [-0.2, -0.15) is 0 Å². The Morgan fingerprint density at radius 3 is 2.54 bits per heavy atom. The van der Waals surface area contributed by atoms with Crippen LogP contribution < -0.4 is 0 Å². The highest BCUT2D eigenvalue weighted by Crippen LogP contribution is 2.53. The lowest BCUT2D eigenvalue weighted by Crippen LogP contribution is -2.48. The third-order valence-electron chi connectivity index (χ3n) is 4.09. The quantitative estimate of drug-likeness (QED) is 0.552. The first-order chi connectivity index (χ1) is 5.97. The Kier molecular flexibility index (Phi) is 1.77. The van der Waals surface area contributed by atoms with Gasteiger partial charge in [-0.3, -0.25) is 0 Å². The third kappa shape index (κ3) is 1.06. The lowest BCUT2D eigenvalue weighted by atomic mass is 9.71. The first-order valence-electron chi connectivity index (χ1n) is 5.43. The summed E-state index contributed by atoms with van der Waals surface area (Å²) < 4.78 is 0. The minimum atomic E-state index is 0.406. The van der Waals surface area contributed by atoms with Crippen LogP contribution in [0.25, 0.3) is 0 Å². The maximum absolute atomic E-state index is 4.18. The number of allylic oxidation sites excluding steroid dienone is 1. The van der Waals surface area contributed by atoms with Crippen LogP contribution in [-0.2, 0) is 0 Å². The number of hydrogen-bond donors (Lipinski definition) is 0. The second kappa shape index (κ2) is 2.52. The normalized spacial score (nSPS) is 34.1. The van der Waals surface area contributed by atoms with Crippen molar-refractivity contribution in [3.05, 3.63) is 12.3 Å². The van der Waals surface area contributed by atoms with Gasteiger partial charge in [0, 0.05) is 17.8 Å². The molecule has 0 aromatic rings. The first kappa shape index (κ1) is 9.11. The van der Waals surface area contributed by atoms with Crippen molar-refractivity contribution in [3.8, 4) is 0 Å². The van der Waals surface area contributed by atoms with E-state index in [2.05, 4.69) is 32.3 Å². The van der Waals surface area contributed by atoms with Crippen molar-refractivity contribution >= 4 is 0 Å². The Hall–Kier alpha value is -0.460. The second-order valence-corrected chi connectivity index (χ2v) is 5.60. The largest absolute Gasteiger partial charge is 0.369 e. The van der Waals surface area contributed by atoms with Crippen molar-refractivity contribution in [1.29, 1.82) is 0 Å². The summed E-state index contributed by atoms with van der Waals surface area (Å²) >= 11 is 0. The molecule has 2 fully saturated rings. The van der Waals surface area contributed by atoms with E-state index in [0.717, 1.165) is 0 Å². The van der Waals surface area contributed by atoms with Gasteiger partial charge in [-0.05, 0) is 31.1 Å². The molecule has 0 bridgehead atoms. The Morgan fingerprint density at radius 2 is 2.00 bits per heavy atom. The fraction of sp³-hybridized carbons (Fsp3) is 0.833. The van der Waals surface area contributed by atoms with E-state index in [0.29, 0.717) is 11.0 Å². The lowest BCUT2D eigenvalue weighted by molar-refractivity contribution is 0.0782. The molecule has 2 saturated heterocycles. The molecule has 0 radical (unpaired) electrons. The van der Waals surface area contributed by atoms with Crippen LogP contribution in [-0.4, -0.2) is 17.0 Å². The fourth-order valence-corrected chi connectivity index (χ4v) is 3.24. The van der Waals surface area contributed by atoms with Gasteiger partial charge in [-0.25, -0.2) is 0 Å². The van der Waals surface area contributed by atoms with Crippen LogP contribution in [0.5, 0.6) is 0 Å². The van der Waals surface area contributed by atoms with Crippen molar-refractivity contribution in [1.82, 2.24) is 4.90 Å². The average Bonchev–Trinajstić information content (AvgIpc) is 2.51. The summed E-state index contributed by atoms with van der Waals surface area (Å²) in [6.07, 6.45) is 5.28. The first-order valence-corrected chi connectivity index (χ1v) is 5.43. The van der Waals surface area contributed by atoms with Gasteiger partial charge >= 0.3 is 0 Å². The zero-order chi connectivity index (χ0) is 9.69. The van der Waals surface area contributed by atoms with Gasteiger partial charge in [0.05, 0.1) is 0 Å². The van der Waals surface area contributed by atoms with E-state index in [1.54, 1.807) is 0 Å². The van der Waals surface area contributed by atoms with Crippen molar-refractivity contribution < 1.29 is 0 Å². The van der Waals surface area contributed by atoms with Crippen LogP contribution in [0.15, 0.2) is 12.3 Å². The van der Waals surface area contributed by atoms with E-state index < -0.39 is 0 Å².